The van der Waals surface area contributed by atoms with Gasteiger partial charge in [-0.15, -0.1) is 10.2 Å². The molecule has 0 fully saturated rings. The number of halogens is 1. The van der Waals surface area contributed by atoms with E-state index in [0.29, 0.717) is 16.5 Å². The van der Waals surface area contributed by atoms with Gasteiger partial charge in [-0.2, -0.15) is 0 Å². The molecule has 2 aromatic heterocycles. The maximum atomic E-state index is 5.79. The quantitative estimate of drug-likeness (QED) is 0.773. The summed E-state index contributed by atoms with van der Waals surface area (Å²) in [5.74, 6) is 0.392. The number of hydrogen-bond acceptors (Lipinski definition) is 4. The van der Waals surface area contributed by atoms with E-state index in [0.717, 1.165) is 5.56 Å². The SMILES string of the molecule is Nc1ccc(-c2cncc(Cl)c2)nn1. The molecule has 70 valence electrons. The molecular weight excluding hydrogens is 200 g/mol. The number of rotatable bonds is 1. The Kier molecular flexibility index (Phi) is 2.28. The molecule has 5 heteroatoms. The maximum absolute atomic E-state index is 5.79. The van der Waals surface area contributed by atoms with Crippen molar-refractivity contribution in [2.45, 2.75) is 0 Å². The van der Waals surface area contributed by atoms with Crippen LogP contribution in [-0.2, 0) is 0 Å². The zero-order chi connectivity index (χ0) is 9.97. The van der Waals surface area contributed by atoms with Crippen LogP contribution in [0.4, 0.5) is 5.82 Å². The molecule has 0 radical (unpaired) electrons. The van der Waals surface area contributed by atoms with Crippen LogP contribution in [0.3, 0.4) is 0 Å². The first-order valence-corrected chi connectivity index (χ1v) is 4.33. The van der Waals surface area contributed by atoms with Crippen molar-refractivity contribution in [1.29, 1.82) is 0 Å². The highest BCUT2D eigenvalue weighted by atomic mass is 35.5. The zero-order valence-electron chi connectivity index (χ0n) is 7.18. The van der Waals surface area contributed by atoms with E-state index in [1.54, 1.807) is 30.6 Å². The Morgan fingerprint density at radius 2 is 2.00 bits per heavy atom. The highest BCUT2D eigenvalue weighted by Gasteiger charge is 2.00. The van der Waals surface area contributed by atoms with E-state index in [4.69, 9.17) is 17.3 Å². The summed E-state index contributed by atoms with van der Waals surface area (Å²) >= 11 is 5.79. The minimum absolute atomic E-state index is 0.392. The number of hydrogen-bond donors (Lipinski definition) is 1. The van der Waals surface area contributed by atoms with Crippen LogP contribution in [0.25, 0.3) is 11.3 Å². The molecule has 14 heavy (non-hydrogen) atoms. The Bertz CT molecular complexity index is 441. The minimum Gasteiger partial charge on any atom is -0.382 e. The van der Waals surface area contributed by atoms with Crippen molar-refractivity contribution in [1.82, 2.24) is 15.2 Å². The van der Waals surface area contributed by atoms with Gasteiger partial charge in [-0.3, -0.25) is 4.98 Å². The van der Waals surface area contributed by atoms with Gasteiger partial charge in [0.2, 0.25) is 0 Å². The summed E-state index contributed by atoms with van der Waals surface area (Å²) in [6, 6.07) is 5.23. The third-order valence-corrected chi connectivity index (χ3v) is 1.89. The third-order valence-electron chi connectivity index (χ3n) is 1.69. The molecule has 0 amide bonds. The first-order chi connectivity index (χ1) is 6.75. The first kappa shape index (κ1) is 8.90. The van der Waals surface area contributed by atoms with Gasteiger partial charge in [-0.1, -0.05) is 11.6 Å². The molecule has 0 aliphatic heterocycles. The van der Waals surface area contributed by atoms with Gasteiger partial charge in [0.1, 0.15) is 5.82 Å². The molecule has 2 N–H and O–H groups in total. The van der Waals surface area contributed by atoms with Gasteiger partial charge < -0.3 is 5.73 Å². The van der Waals surface area contributed by atoms with E-state index in [9.17, 15) is 0 Å². The Labute approximate surface area is 85.8 Å². The lowest BCUT2D eigenvalue weighted by atomic mass is 10.2. The van der Waals surface area contributed by atoms with E-state index in [2.05, 4.69) is 15.2 Å². The average molecular weight is 207 g/mol. The molecule has 0 bridgehead atoms. The first-order valence-electron chi connectivity index (χ1n) is 3.96. The third kappa shape index (κ3) is 1.80. The van der Waals surface area contributed by atoms with Gasteiger partial charge in [-0.25, -0.2) is 0 Å². The van der Waals surface area contributed by atoms with Crippen molar-refractivity contribution in [3.63, 3.8) is 0 Å². The van der Waals surface area contributed by atoms with Crippen LogP contribution in [0.2, 0.25) is 5.02 Å². The number of pyridine rings is 1. The van der Waals surface area contributed by atoms with Gasteiger partial charge in [0.05, 0.1) is 10.7 Å². The van der Waals surface area contributed by atoms with E-state index < -0.39 is 0 Å². The summed E-state index contributed by atoms with van der Waals surface area (Å²) in [4.78, 5) is 3.95. The van der Waals surface area contributed by atoms with E-state index in [1.165, 1.54) is 0 Å². The second-order valence-corrected chi connectivity index (χ2v) is 3.17. The van der Waals surface area contributed by atoms with Crippen molar-refractivity contribution in [2.75, 3.05) is 5.73 Å². The molecule has 0 spiro atoms. The summed E-state index contributed by atoms with van der Waals surface area (Å²) in [5.41, 5.74) is 6.95. The Morgan fingerprint density at radius 3 is 2.64 bits per heavy atom. The van der Waals surface area contributed by atoms with Crippen LogP contribution >= 0.6 is 11.6 Å². The largest absolute Gasteiger partial charge is 0.382 e. The fourth-order valence-electron chi connectivity index (χ4n) is 1.05. The Morgan fingerprint density at radius 1 is 1.14 bits per heavy atom. The van der Waals surface area contributed by atoms with Crippen LogP contribution in [-0.4, -0.2) is 15.2 Å². The highest BCUT2D eigenvalue weighted by molar-refractivity contribution is 6.30. The lowest BCUT2D eigenvalue weighted by Gasteiger charge is -1.99. The molecule has 0 saturated heterocycles. The molecule has 0 aliphatic rings. The number of nitrogens with zero attached hydrogens (tertiary/aromatic N) is 3. The van der Waals surface area contributed by atoms with Gasteiger partial charge in [0.15, 0.2) is 0 Å². The van der Waals surface area contributed by atoms with Gasteiger partial charge >= 0.3 is 0 Å². The average Bonchev–Trinajstić information content (AvgIpc) is 2.19. The van der Waals surface area contributed by atoms with E-state index in [-0.39, 0.29) is 0 Å². The van der Waals surface area contributed by atoms with Crippen LogP contribution in [0.1, 0.15) is 0 Å². The number of anilines is 1. The zero-order valence-corrected chi connectivity index (χ0v) is 7.94. The summed E-state index contributed by atoms with van der Waals surface area (Å²) in [6.07, 6.45) is 3.24. The summed E-state index contributed by atoms with van der Waals surface area (Å²) in [6.45, 7) is 0. The molecule has 0 atom stereocenters. The van der Waals surface area contributed by atoms with Gasteiger partial charge in [0.25, 0.3) is 0 Å². The molecule has 0 unspecified atom stereocenters. The van der Waals surface area contributed by atoms with Crippen molar-refractivity contribution < 1.29 is 0 Å². The standard InChI is InChI=1S/C9H7ClN4/c10-7-3-6(4-12-5-7)8-1-2-9(11)14-13-8/h1-5H,(H2,11,14). The van der Waals surface area contributed by atoms with Crippen molar-refractivity contribution in [2.24, 2.45) is 0 Å². The molecule has 0 aliphatic carbocycles. The number of nitrogen functional groups attached to an aromatic ring is 1. The van der Waals surface area contributed by atoms with Gasteiger partial charge in [0, 0.05) is 18.0 Å². The number of nitrogens with two attached hydrogens (primary N) is 1. The molecular formula is C9H7ClN4. The van der Waals surface area contributed by atoms with E-state index >= 15 is 0 Å². The maximum Gasteiger partial charge on any atom is 0.146 e. The van der Waals surface area contributed by atoms with Crippen LogP contribution in [0, 0.1) is 0 Å². The summed E-state index contributed by atoms with van der Waals surface area (Å²) in [5, 5.41) is 8.23. The molecule has 2 heterocycles. The smallest absolute Gasteiger partial charge is 0.146 e. The lowest BCUT2D eigenvalue weighted by molar-refractivity contribution is 1.05. The predicted molar refractivity (Wildman–Crippen MR) is 54.7 cm³/mol. The summed E-state index contributed by atoms with van der Waals surface area (Å²) in [7, 11) is 0. The fourth-order valence-corrected chi connectivity index (χ4v) is 1.22. The predicted octanol–water partition coefficient (Wildman–Crippen LogP) is 1.77. The molecule has 2 rings (SSSR count). The van der Waals surface area contributed by atoms with Crippen molar-refractivity contribution >= 4 is 17.4 Å². The fraction of sp³-hybridized carbons (Fsp3) is 0. The second-order valence-electron chi connectivity index (χ2n) is 2.74. The molecule has 4 nitrogen and oxygen atoms in total. The van der Waals surface area contributed by atoms with Gasteiger partial charge in [-0.05, 0) is 18.2 Å². The van der Waals surface area contributed by atoms with Crippen molar-refractivity contribution in [3.8, 4) is 11.3 Å². The Hall–Kier alpha value is -1.68. The molecule has 0 saturated carbocycles. The second kappa shape index (κ2) is 3.59. The topological polar surface area (TPSA) is 64.7 Å². The highest BCUT2D eigenvalue weighted by Crippen LogP contribution is 2.18. The monoisotopic (exact) mass is 206 g/mol. The molecule has 0 aromatic carbocycles. The molecule has 2 aromatic rings. The normalized spacial score (nSPS) is 10.1. The van der Waals surface area contributed by atoms with Crippen LogP contribution < -0.4 is 5.73 Å². The number of aromatic nitrogens is 3. The van der Waals surface area contributed by atoms with Crippen LogP contribution in [0.5, 0.6) is 0 Å². The van der Waals surface area contributed by atoms with Crippen LogP contribution in [0.15, 0.2) is 30.6 Å². The van der Waals surface area contributed by atoms with E-state index in [1.807, 2.05) is 0 Å². The summed E-state index contributed by atoms with van der Waals surface area (Å²) < 4.78 is 0. The Balaban J connectivity index is 2.44. The van der Waals surface area contributed by atoms with Crippen molar-refractivity contribution in [3.05, 3.63) is 35.6 Å². The minimum atomic E-state index is 0.392. The lowest BCUT2D eigenvalue weighted by Crippen LogP contribution is -1.93.